The Morgan fingerprint density at radius 1 is 1.17 bits per heavy atom. The number of aromatic nitrogens is 3. The van der Waals surface area contributed by atoms with Gasteiger partial charge in [0.2, 0.25) is 5.95 Å². The molecule has 3 N–H and O–H groups in total. The number of nitrogens with zero attached hydrogens (tertiary/aromatic N) is 1. The Morgan fingerprint density at radius 3 is 2.58 bits per heavy atom. The number of benzene rings is 1. The molecule has 0 aliphatic carbocycles. The third kappa shape index (κ3) is 2.80. The number of fused-ring (bicyclic) bond motifs is 1. The number of hydrogen-bond acceptors (Lipinski definition) is 5. The van der Waals surface area contributed by atoms with Gasteiger partial charge in [-0.15, -0.1) is 0 Å². The SMILES string of the molecule is COc1ccc(Nc2nc3[nH]cc(C(C)C)c3c(=O)[nH]2)cc1OC. The summed E-state index contributed by atoms with van der Waals surface area (Å²) in [6.45, 7) is 4.08. The third-order valence-electron chi connectivity index (χ3n) is 3.84. The Morgan fingerprint density at radius 2 is 1.92 bits per heavy atom. The molecule has 0 fully saturated rings. The topological polar surface area (TPSA) is 92.0 Å². The second kappa shape index (κ2) is 6.27. The van der Waals surface area contributed by atoms with E-state index in [0.29, 0.717) is 28.5 Å². The van der Waals surface area contributed by atoms with Gasteiger partial charge in [0.15, 0.2) is 11.5 Å². The number of nitrogens with one attached hydrogen (secondary N) is 3. The molecule has 7 heteroatoms. The highest BCUT2D eigenvalue weighted by Crippen LogP contribution is 2.30. The average Bonchev–Trinajstić information content (AvgIpc) is 2.99. The third-order valence-corrected chi connectivity index (χ3v) is 3.84. The number of aromatic amines is 2. The quantitative estimate of drug-likeness (QED) is 0.669. The number of hydrogen-bond donors (Lipinski definition) is 3. The van der Waals surface area contributed by atoms with Crippen LogP contribution in [0.15, 0.2) is 29.2 Å². The van der Waals surface area contributed by atoms with E-state index in [1.165, 1.54) is 0 Å². The first-order chi connectivity index (χ1) is 11.5. The molecule has 0 bridgehead atoms. The largest absolute Gasteiger partial charge is 0.493 e. The molecule has 2 aromatic heterocycles. The molecular weight excluding hydrogens is 308 g/mol. The number of methoxy groups -OCH3 is 2. The van der Waals surface area contributed by atoms with Gasteiger partial charge in [-0.2, -0.15) is 4.98 Å². The van der Waals surface area contributed by atoms with Gasteiger partial charge in [0, 0.05) is 18.0 Å². The molecule has 0 atom stereocenters. The van der Waals surface area contributed by atoms with Crippen molar-refractivity contribution in [1.82, 2.24) is 15.0 Å². The van der Waals surface area contributed by atoms with Crippen molar-refractivity contribution in [3.8, 4) is 11.5 Å². The number of anilines is 2. The van der Waals surface area contributed by atoms with Gasteiger partial charge in [0.25, 0.3) is 5.56 Å². The van der Waals surface area contributed by atoms with E-state index in [4.69, 9.17) is 9.47 Å². The smallest absolute Gasteiger partial charge is 0.262 e. The summed E-state index contributed by atoms with van der Waals surface area (Å²) in [5.41, 5.74) is 2.07. The number of H-pyrrole nitrogens is 2. The van der Waals surface area contributed by atoms with Gasteiger partial charge in [-0.05, 0) is 23.6 Å². The van der Waals surface area contributed by atoms with Crippen molar-refractivity contribution in [1.29, 1.82) is 0 Å². The van der Waals surface area contributed by atoms with Gasteiger partial charge in [-0.25, -0.2) is 0 Å². The molecule has 0 radical (unpaired) electrons. The fraction of sp³-hybridized carbons (Fsp3) is 0.294. The first-order valence-corrected chi connectivity index (χ1v) is 7.63. The zero-order chi connectivity index (χ0) is 17.3. The van der Waals surface area contributed by atoms with Gasteiger partial charge >= 0.3 is 0 Å². The molecule has 2 heterocycles. The van der Waals surface area contributed by atoms with Crippen LogP contribution in [-0.2, 0) is 0 Å². The summed E-state index contributed by atoms with van der Waals surface area (Å²) < 4.78 is 10.5. The van der Waals surface area contributed by atoms with Crippen LogP contribution in [0.1, 0.15) is 25.3 Å². The van der Waals surface area contributed by atoms with Crippen molar-refractivity contribution in [2.75, 3.05) is 19.5 Å². The molecule has 3 rings (SSSR count). The normalized spacial score (nSPS) is 11.0. The summed E-state index contributed by atoms with van der Waals surface area (Å²) in [5.74, 6) is 1.82. The van der Waals surface area contributed by atoms with E-state index >= 15 is 0 Å². The van der Waals surface area contributed by atoms with E-state index < -0.39 is 0 Å². The molecule has 0 unspecified atom stereocenters. The zero-order valence-corrected chi connectivity index (χ0v) is 14.1. The Labute approximate surface area is 139 Å². The number of rotatable bonds is 5. The molecule has 126 valence electrons. The second-order valence-electron chi connectivity index (χ2n) is 5.73. The molecule has 0 spiro atoms. The lowest BCUT2D eigenvalue weighted by atomic mass is 10.0. The molecule has 0 amide bonds. The molecular formula is C17H20N4O3. The van der Waals surface area contributed by atoms with Crippen LogP contribution in [0.5, 0.6) is 11.5 Å². The fourth-order valence-electron chi connectivity index (χ4n) is 2.63. The van der Waals surface area contributed by atoms with Crippen LogP contribution in [0, 0.1) is 0 Å². The van der Waals surface area contributed by atoms with Crippen LogP contribution in [0.2, 0.25) is 0 Å². The minimum absolute atomic E-state index is 0.173. The van der Waals surface area contributed by atoms with Crippen molar-refractivity contribution in [2.45, 2.75) is 19.8 Å². The van der Waals surface area contributed by atoms with E-state index in [9.17, 15) is 4.79 Å². The lowest BCUT2D eigenvalue weighted by Gasteiger charge is -2.10. The van der Waals surface area contributed by atoms with Crippen LogP contribution in [0.3, 0.4) is 0 Å². The molecule has 24 heavy (non-hydrogen) atoms. The summed E-state index contributed by atoms with van der Waals surface area (Å²) >= 11 is 0. The molecule has 0 aliphatic heterocycles. The van der Waals surface area contributed by atoms with E-state index in [1.54, 1.807) is 26.4 Å². The van der Waals surface area contributed by atoms with Crippen molar-refractivity contribution in [3.63, 3.8) is 0 Å². The van der Waals surface area contributed by atoms with Crippen molar-refractivity contribution < 1.29 is 9.47 Å². The van der Waals surface area contributed by atoms with Crippen molar-refractivity contribution in [3.05, 3.63) is 40.3 Å². The second-order valence-corrected chi connectivity index (χ2v) is 5.73. The highest BCUT2D eigenvalue weighted by molar-refractivity contribution is 5.80. The van der Waals surface area contributed by atoms with Gasteiger partial charge in [0.1, 0.15) is 5.65 Å². The van der Waals surface area contributed by atoms with Crippen LogP contribution in [0.4, 0.5) is 11.6 Å². The van der Waals surface area contributed by atoms with Crippen LogP contribution in [0.25, 0.3) is 11.0 Å². The minimum atomic E-state index is -0.173. The van der Waals surface area contributed by atoms with E-state index in [-0.39, 0.29) is 11.5 Å². The lowest BCUT2D eigenvalue weighted by Crippen LogP contribution is -2.12. The Hall–Kier alpha value is -2.96. The van der Waals surface area contributed by atoms with Crippen molar-refractivity contribution >= 4 is 22.7 Å². The van der Waals surface area contributed by atoms with Crippen LogP contribution in [-0.4, -0.2) is 29.2 Å². The predicted octanol–water partition coefficient (Wildman–Crippen LogP) is 3.14. The molecule has 0 saturated heterocycles. The molecule has 3 aromatic rings. The standard InChI is InChI=1S/C17H20N4O3/c1-9(2)11-8-18-15-14(11)16(22)21-17(20-15)19-10-5-6-12(23-3)13(7-10)24-4/h5-9H,1-4H3,(H3,18,19,20,21,22). The van der Waals surface area contributed by atoms with E-state index in [0.717, 1.165) is 11.3 Å². The maximum absolute atomic E-state index is 12.4. The zero-order valence-electron chi connectivity index (χ0n) is 14.1. The van der Waals surface area contributed by atoms with Gasteiger partial charge in [-0.1, -0.05) is 13.8 Å². The monoisotopic (exact) mass is 328 g/mol. The predicted molar refractivity (Wildman–Crippen MR) is 93.6 cm³/mol. The van der Waals surface area contributed by atoms with Crippen LogP contribution >= 0.6 is 0 Å². The van der Waals surface area contributed by atoms with Gasteiger partial charge in [-0.3, -0.25) is 9.78 Å². The maximum Gasteiger partial charge on any atom is 0.262 e. The molecule has 0 aliphatic rings. The first kappa shape index (κ1) is 15.9. The molecule has 7 nitrogen and oxygen atoms in total. The summed E-state index contributed by atoms with van der Waals surface area (Å²) in [4.78, 5) is 22.7. The Balaban J connectivity index is 1.98. The molecule has 1 aromatic carbocycles. The Kier molecular flexibility index (Phi) is 4.16. The summed E-state index contributed by atoms with van der Waals surface area (Å²) in [6, 6.07) is 5.38. The summed E-state index contributed by atoms with van der Waals surface area (Å²) in [5, 5.41) is 3.68. The first-order valence-electron chi connectivity index (χ1n) is 7.63. The Bertz CT molecular complexity index is 927. The summed E-state index contributed by atoms with van der Waals surface area (Å²) in [7, 11) is 3.15. The maximum atomic E-state index is 12.4. The molecule has 0 saturated carbocycles. The lowest BCUT2D eigenvalue weighted by molar-refractivity contribution is 0.355. The van der Waals surface area contributed by atoms with E-state index in [2.05, 4.69) is 20.3 Å². The van der Waals surface area contributed by atoms with Crippen LogP contribution < -0.4 is 20.3 Å². The number of ether oxygens (including phenoxy) is 2. The van der Waals surface area contributed by atoms with E-state index in [1.807, 2.05) is 26.1 Å². The average molecular weight is 328 g/mol. The van der Waals surface area contributed by atoms with Crippen molar-refractivity contribution in [2.24, 2.45) is 0 Å². The minimum Gasteiger partial charge on any atom is -0.493 e. The highest BCUT2D eigenvalue weighted by Gasteiger charge is 2.13. The van der Waals surface area contributed by atoms with Gasteiger partial charge < -0.3 is 19.8 Å². The van der Waals surface area contributed by atoms with Gasteiger partial charge in [0.05, 0.1) is 19.6 Å². The summed E-state index contributed by atoms with van der Waals surface area (Å²) in [6.07, 6.45) is 1.83. The fourth-order valence-corrected chi connectivity index (χ4v) is 2.63. The highest BCUT2D eigenvalue weighted by atomic mass is 16.5.